The molecule has 1 atom stereocenters. The van der Waals surface area contributed by atoms with Crippen LogP contribution in [-0.4, -0.2) is 38.5 Å². The van der Waals surface area contributed by atoms with E-state index in [0.717, 1.165) is 38.2 Å². The molecule has 3 heterocycles. The minimum Gasteiger partial charge on any atom is -0.365 e. The first-order valence-corrected chi connectivity index (χ1v) is 8.61. The highest BCUT2D eigenvalue weighted by molar-refractivity contribution is 5.98. The summed E-state index contributed by atoms with van der Waals surface area (Å²) in [6.45, 7) is 3.03. The number of piperidine rings is 1. The second kappa shape index (κ2) is 6.64. The van der Waals surface area contributed by atoms with Gasteiger partial charge in [-0.15, -0.1) is 0 Å². The predicted molar refractivity (Wildman–Crippen MR) is 95.2 cm³/mol. The van der Waals surface area contributed by atoms with Crippen molar-refractivity contribution in [3.05, 3.63) is 65.6 Å². The first-order valence-electron chi connectivity index (χ1n) is 8.61. The van der Waals surface area contributed by atoms with E-state index in [0.29, 0.717) is 17.1 Å². The molecule has 0 radical (unpaired) electrons. The third-order valence-electron chi connectivity index (χ3n) is 4.87. The van der Waals surface area contributed by atoms with Crippen LogP contribution in [0.4, 0.5) is 0 Å². The highest BCUT2D eigenvalue weighted by Gasteiger charge is 2.24. The van der Waals surface area contributed by atoms with Gasteiger partial charge in [0.1, 0.15) is 5.56 Å². The van der Waals surface area contributed by atoms with Crippen molar-refractivity contribution in [2.24, 2.45) is 5.73 Å². The van der Waals surface area contributed by atoms with E-state index in [4.69, 9.17) is 5.73 Å². The van der Waals surface area contributed by atoms with Crippen molar-refractivity contribution in [2.45, 2.75) is 25.3 Å². The maximum absolute atomic E-state index is 11.5. The van der Waals surface area contributed by atoms with Gasteiger partial charge in [0, 0.05) is 25.2 Å². The van der Waals surface area contributed by atoms with Crippen LogP contribution < -0.4 is 5.73 Å². The lowest BCUT2D eigenvalue weighted by atomic mass is 9.94. The molecular formula is C19H21N5O. The summed E-state index contributed by atoms with van der Waals surface area (Å²) in [6.07, 6.45) is 5.51. The Balaban J connectivity index is 1.59. The summed E-state index contributed by atoms with van der Waals surface area (Å²) in [7, 11) is 0. The van der Waals surface area contributed by atoms with Crippen molar-refractivity contribution in [3.63, 3.8) is 0 Å². The van der Waals surface area contributed by atoms with Gasteiger partial charge in [0.2, 0.25) is 0 Å². The number of nitrogens with zero attached hydrogens (tertiary/aromatic N) is 4. The lowest BCUT2D eigenvalue weighted by Gasteiger charge is -2.33. The summed E-state index contributed by atoms with van der Waals surface area (Å²) in [5.74, 6) is -0.127. The van der Waals surface area contributed by atoms with Gasteiger partial charge in [0.15, 0.2) is 5.65 Å². The smallest absolute Gasteiger partial charge is 0.254 e. The van der Waals surface area contributed by atoms with Gasteiger partial charge in [-0.05, 0) is 31.0 Å². The van der Waals surface area contributed by atoms with Crippen LogP contribution in [0.25, 0.3) is 5.65 Å². The van der Waals surface area contributed by atoms with Gasteiger partial charge in [-0.1, -0.05) is 30.3 Å². The Kier molecular flexibility index (Phi) is 4.19. The van der Waals surface area contributed by atoms with Crippen molar-refractivity contribution in [2.75, 3.05) is 13.1 Å². The molecule has 0 unspecified atom stereocenters. The number of primary amides is 1. The quantitative estimate of drug-likeness (QED) is 0.793. The Labute approximate surface area is 146 Å². The van der Waals surface area contributed by atoms with Gasteiger partial charge in [-0.25, -0.2) is 9.50 Å². The molecule has 0 saturated carbocycles. The lowest BCUT2D eigenvalue weighted by molar-refractivity contribution is 0.100. The molecule has 6 nitrogen and oxygen atoms in total. The van der Waals surface area contributed by atoms with E-state index < -0.39 is 5.91 Å². The summed E-state index contributed by atoms with van der Waals surface area (Å²) in [5.41, 5.74) is 8.77. The molecule has 3 aromatic rings. The summed E-state index contributed by atoms with van der Waals surface area (Å²) < 4.78 is 1.77. The highest BCUT2D eigenvalue weighted by Crippen LogP contribution is 2.28. The molecule has 2 aromatic heterocycles. The number of carbonyl (C=O) groups excluding carboxylic acids is 1. The number of carbonyl (C=O) groups is 1. The van der Waals surface area contributed by atoms with Gasteiger partial charge in [-0.2, -0.15) is 5.10 Å². The van der Waals surface area contributed by atoms with Crippen LogP contribution in [0, 0.1) is 0 Å². The number of amides is 1. The molecule has 1 aromatic carbocycles. The fourth-order valence-corrected chi connectivity index (χ4v) is 3.68. The normalized spacial score (nSPS) is 18.5. The molecule has 1 amide bonds. The van der Waals surface area contributed by atoms with Crippen LogP contribution in [0.2, 0.25) is 0 Å². The minimum atomic E-state index is -0.492. The van der Waals surface area contributed by atoms with Crippen molar-refractivity contribution in [3.8, 4) is 0 Å². The van der Waals surface area contributed by atoms with Crippen LogP contribution in [0.5, 0.6) is 0 Å². The Morgan fingerprint density at radius 2 is 2.08 bits per heavy atom. The SMILES string of the molecule is NC(=O)c1cnn2c([C@H]3CCCN(Cc4ccccc4)C3)ccnc12. The van der Waals surface area contributed by atoms with Crippen molar-refractivity contribution in [1.29, 1.82) is 0 Å². The summed E-state index contributed by atoms with van der Waals surface area (Å²) in [4.78, 5) is 18.3. The summed E-state index contributed by atoms with van der Waals surface area (Å²) in [6, 6.07) is 12.5. The van der Waals surface area contributed by atoms with E-state index in [-0.39, 0.29) is 0 Å². The second-order valence-corrected chi connectivity index (χ2v) is 6.59. The number of aromatic nitrogens is 3. The van der Waals surface area contributed by atoms with Gasteiger partial charge in [0.25, 0.3) is 5.91 Å². The fourth-order valence-electron chi connectivity index (χ4n) is 3.68. The number of likely N-dealkylation sites (tertiary alicyclic amines) is 1. The van der Waals surface area contributed by atoms with Crippen LogP contribution in [0.3, 0.4) is 0 Å². The maximum Gasteiger partial charge on any atom is 0.254 e. The predicted octanol–water partition coefficient (Wildman–Crippen LogP) is 2.21. The molecular weight excluding hydrogens is 314 g/mol. The zero-order valence-corrected chi connectivity index (χ0v) is 14.0. The van der Waals surface area contributed by atoms with Crippen molar-refractivity contribution < 1.29 is 4.79 Å². The second-order valence-electron chi connectivity index (χ2n) is 6.59. The standard InChI is InChI=1S/C19H21N5O/c20-18(25)16-11-22-24-17(8-9-21-19(16)24)15-7-4-10-23(13-15)12-14-5-2-1-3-6-14/h1-3,5-6,8-9,11,15H,4,7,10,12-13H2,(H2,20,25)/t15-/m0/s1. The Bertz CT molecular complexity index is 889. The molecule has 0 aliphatic carbocycles. The van der Waals surface area contributed by atoms with E-state index in [9.17, 15) is 4.79 Å². The van der Waals surface area contributed by atoms with Gasteiger partial charge in [0.05, 0.1) is 11.9 Å². The van der Waals surface area contributed by atoms with E-state index in [2.05, 4.69) is 39.2 Å². The van der Waals surface area contributed by atoms with Crippen molar-refractivity contribution >= 4 is 11.6 Å². The first kappa shape index (κ1) is 15.8. The number of rotatable bonds is 4. The van der Waals surface area contributed by atoms with E-state index in [1.54, 1.807) is 10.7 Å². The topological polar surface area (TPSA) is 76.5 Å². The Morgan fingerprint density at radius 3 is 2.88 bits per heavy atom. The van der Waals surface area contributed by atoms with Crippen LogP contribution in [0.1, 0.15) is 40.4 Å². The molecule has 0 spiro atoms. The third-order valence-corrected chi connectivity index (χ3v) is 4.87. The number of benzene rings is 1. The zero-order chi connectivity index (χ0) is 17.2. The molecule has 25 heavy (non-hydrogen) atoms. The van der Waals surface area contributed by atoms with Crippen LogP contribution in [-0.2, 0) is 6.54 Å². The molecule has 4 rings (SSSR count). The number of nitrogens with two attached hydrogens (primary N) is 1. The molecule has 6 heteroatoms. The number of fused-ring (bicyclic) bond motifs is 1. The third kappa shape index (κ3) is 3.13. The molecule has 128 valence electrons. The molecule has 2 N–H and O–H groups in total. The highest BCUT2D eigenvalue weighted by atomic mass is 16.1. The fraction of sp³-hybridized carbons (Fsp3) is 0.316. The number of hydrogen-bond donors (Lipinski definition) is 1. The van der Waals surface area contributed by atoms with Crippen LogP contribution >= 0.6 is 0 Å². The first-order chi connectivity index (χ1) is 12.2. The average molecular weight is 335 g/mol. The summed E-state index contributed by atoms with van der Waals surface area (Å²) in [5, 5.41) is 4.36. The number of hydrogen-bond acceptors (Lipinski definition) is 4. The molecule has 1 saturated heterocycles. The van der Waals surface area contributed by atoms with E-state index in [1.165, 1.54) is 11.8 Å². The molecule has 1 fully saturated rings. The zero-order valence-electron chi connectivity index (χ0n) is 14.0. The van der Waals surface area contributed by atoms with E-state index in [1.807, 2.05) is 12.1 Å². The van der Waals surface area contributed by atoms with Gasteiger partial charge in [-0.3, -0.25) is 9.69 Å². The molecule has 1 aliphatic rings. The molecule has 1 aliphatic heterocycles. The van der Waals surface area contributed by atoms with Crippen LogP contribution in [0.15, 0.2) is 48.8 Å². The monoisotopic (exact) mass is 335 g/mol. The van der Waals surface area contributed by atoms with Gasteiger partial charge >= 0.3 is 0 Å². The Hall–Kier alpha value is -2.73. The Morgan fingerprint density at radius 1 is 1.24 bits per heavy atom. The lowest BCUT2D eigenvalue weighted by Crippen LogP contribution is -2.34. The average Bonchev–Trinajstić information content (AvgIpc) is 3.07. The van der Waals surface area contributed by atoms with Crippen molar-refractivity contribution in [1.82, 2.24) is 19.5 Å². The maximum atomic E-state index is 11.5. The van der Waals surface area contributed by atoms with Gasteiger partial charge < -0.3 is 5.73 Å². The van der Waals surface area contributed by atoms with E-state index >= 15 is 0 Å². The summed E-state index contributed by atoms with van der Waals surface area (Å²) >= 11 is 0. The molecule has 0 bridgehead atoms. The minimum absolute atomic E-state index is 0.364. The largest absolute Gasteiger partial charge is 0.365 e.